The summed E-state index contributed by atoms with van der Waals surface area (Å²) in [7, 11) is 1.55. The van der Waals surface area contributed by atoms with Crippen molar-refractivity contribution < 1.29 is 24.4 Å². The molecule has 0 aliphatic heterocycles. The van der Waals surface area contributed by atoms with Gasteiger partial charge in [-0.2, -0.15) is 0 Å². The molecule has 4 N–H and O–H groups in total. The number of hydrogen-bond acceptors (Lipinski definition) is 8. The maximum Gasteiger partial charge on any atom is 0.410 e. The largest absolute Gasteiger partial charge is 0.497 e. The van der Waals surface area contributed by atoms with E-state index >= 15 is 0 Å². The lowest BCUT2D eigenvalue weighted by molar-refractivity contribution is -0.383. The van der Waals surface area contributed by atoms with Gasteiger partial charge in [-0.1, -0.05) is 12.1 Å². The van der Waals surface area contributed by atoms with Crippen LogP contribution in [0, 0.1) is 10.1 Å². The van der Waals surface area contributed by atoms with Gasteiger partial charge in [-0.3, -0.25) is 20.2 Å². The minimum absolute atomic E-state index is 0.00724. The smallest absolute Gasteiger partial charge is 0.410 e. The van der Waals surface area contributed by atoms with Crippen LogP contribution in [0.15, 0.2) is 54.9 Å². The van der Waals surface area contributed by atoms with E-state index in [0.717, 1.165) is 18.0 Å². The van der Waals surface area contributed by atoms with Gasteiger partial charge in [-0.05, 0) is 29.8 Å². The number of nitro benzene ring substituents is 1. The van der Waals surface area contributed by atoms with E-state index in [4.69, 9.17) is 9.84 Å². The molecular formula is C20H18N6O6. The van der Waals surface area contributed by atoms with Gasteiger partial charge in [0.2, 0.25) is 0 Å². The number of carboxylic acid groups (broad SMARTS) is 1. The fraction of sp³-hybridized carbons (Fsp3) is 0.100. The van der Waals surface area contributed by atoms with Gasteiger partial charge >= 0.3 is 6.09 Å². The highest BCUT2D eigenvalue weighted by atomic mass is 16.6. The first-order chi connectivity index (χ1) is 15.4. The fourth-order valence-electron chi connectivity index (χ4n) is 2.70. The molecule has 0 saturated carbocycles. The van der Waals surface area contributed by atoms with Crippen molar-refractivity contribution in [2.45, 2.75) is 6.54 Å². The van der Waals surface area contributed by atoms with Gasteiger partial charge in [0.15, 0.2) is 0 Å². The van der Waals surface area contributed by atoms with Gasteiger partial charge in [-0.25, -0.2) is 14.8 Å². The summed E-state index contributed by atoms with van der Waals surface area (Å²) in [4.78, 5) is 41.7. The van der Waals surface area contributed by atoms with E-state index in [9.17, 15) is 19.7 Å². The number of benzene rings is 2. The van der Waals surface area contributed by atoms with Crippen molar-refractivity contribution in [1.82, 2.24) is 15.3 Å². The summed E-state index contributed by atoms with van der Waals surface area (Å²) in [5, 5.41) is 27.8. The summed E-state index contributed by atoms with van der Waals surface area (Å²) in [5.41, 5.74) is 0.656. The van der Waals surface area contributed by atoms with Gasteiger partial charge < -0.3 is 20.5 Å². The zero-order chi connectivity index (χ0) is 23.1. The Hall–Kier alpha value is -4.74. The van der Waals surface area contributed by atoms with Crippen LogP contribution in [0.3, 0.4) is 0 Å². The number of aromatic nitrogens is 2. The molecule has 2 aromatic carbocycles. The molecule has 0 aliphatic carbocycles. The molecule has 12 nitrogen and oxygen atoms in total. The Morgan fingerprint density at radius 1 is 1.09 bits per heavy atom. The van der Waals surface area contributed by atoms with E-state index in [1.807, 2.05) is 0 Å². The second kappa shape index (κ2) is 9.84. The van der Waals surface area contributed by atoms with Crippen LogP contribution in [0.4, 0.5) is 27.8 Å². The average Bonchev–Trinajstić information content (AvgIpc) is 2.77. The van der Waals surface area contributed by atoms with E-state index in [0.29, 0.717) is 5.75 Å². The third kappa shape index (κ3) is 5.66. The van der Waals surface area contributed by atoms with Gasteiger partial charge in [0.05, 0.1) is 12.0 Å². The number of nitrogens with one attached hydrogen (secondary N) is 3. The lowest BCUT2D eigenvalue weighted by Gasteiger charge is -2.10. The third-order valence-electron chi connectivity index (χ3n) is 4.23. The van der Waals surface area contributed by atoms with Crippen LogP contribution in [-0.2, 0) is 6.54 Å². The minimum Gasteiger partial charge on any atom is -0.497 e. The highest BCUT2D eigenvalue weighted by Gasteiger charge is 2.18. The molecule has 0 saturated heterocycles. The Bertz CT molecular complexity index is 1150. The lowest BCUT2D eigenvalue weighted by atomic mass is 10.1. The number of rotatable bonds is 8. The first-order valence-corrected chi connectivity index (χ1v) is 9.14. The quantitative estimate of drug-likeness (QED) is 0.305. The Morgan fingerprint density at radius 2 is 1.81 bits per heavy atom. The number of hydrogen-bond donors (Lipinski definition) is 4. The van der Waals surface area contributed by atoms with Crippen LogP contribution in [-0.4, -0.2) is 39.1 Å². The molecule has 0 bridgehead atoms. The highest BCUT2D eigenvalue weighted by Crippen LogP contribution is 2.28. The summed E-state index contributed by atoms with van der Waals surface area (Å²) >= 11 is 0. The van der Waals surface area contributed by atoms with Gasteiger partial charge in [0, 0.05) is 24.2 Å². The number of nitro groups is 1. The topological polar surface area (TPSA) is 169 Å². The van der Waals surface area contributed by atoms with Crippen LogP contribution in [0.2, 0.25) is 0 Å². The summed E-state index contributed by atoms with van der Waals surface area (Å²) in [5.74, 6) is 0.328. The summed E-state index contributed by atoms with van der Waals surface area (Å²) < 4.78 is 5.08. The summed E-state index contributed by atoms with van der Waals surface area (Å²) in [6.07, 6.45) is -0.217. The maximum absolute atomic E-state index is 12.5. The second-order valence-electron chi connectivity index (χ2n) is 6.36. The predicted octanol–water partition coefficient (Wildman–Crippen LogP) is 3.16. The van der Waals surface area contributed by atoms with Crippen molar-refractivity contribution in [3.05, 3.63) is 76.1 Å². The van der Waals surface area contributed by atoms with Gasteiger partial charge in [-0.15, -0.1) is 0 Å². The molecule has 0 aliphatic rings. The predicted molar refractivity (Wildman–Crippen MR) is 114 cm³/mol. The molecule has 2 amide bonds. The number of ether oxygens (including phenoxy) is 1. The number of methoxy groups -OCH3 is 1. The van der Waals surface area contributed by atoms with E-state index < -0.39 is 16.9 Å². The van der Waals surface area contributed by atoms with Crippen molar-refractivity contribution in [2.75, 3.05) is 17.7 Å². The molecule has 3 aromatic rings. The molecule has 0 unspecified atom stereocenters. The average molecular weight is 438 g/mol. The first kappa shape index (κ1) is 22.0. The van der Waals surface area contributed by atoms with Crippen LogP contribution < -0.4 is 20.7 Å². The van der Waals surface area contributed by atoms with Crippen molar-refractivity contribution in [1.29, 1.82) is 0 Å². The van der Waals surface area contributed by atoms with Crippen LogP contribution >= 0.6 is 0 Å². The third-order valence-corrected chi connectivity index (χ3v) is 4.23. The Balaban J connectivity index is 1.74. The number of carbonyl (C=O) groups excluding carboxylic acids is 1. The van der Waals surface area contributed by atoms with E-state index in [2.05, 4.69) is 25.9 Å². The molecule has 0 fully saturated rings. The Kier molecular flexibility index (Phi) is 6.75. The molecule has 1 heterocycles. The molecular weight excluding hydrogens is 420 g/mol. The van der Waals surface area contributed by atoms with Crippen molar-refractivity contribution in [3.63, 3.8) is 0 Å². The first-order valence-electron chi connectivity index (χ1n) is 9.14. The molecule has 3 rings (SSSR count). The molecule has 1 aromatic heterocycles. The maximum atomic E-state index is 12.5. The number of carbonyl (C=O) groups is 2. The lowest BCUT2D eigenvalue weighted by Crippen LogP contribution is -2.22. The molecule has 0 atom stereocenters. The van der Waals surface area contributed by atoms with Gasteiger partial charge in [0.1, 0.15) is 29.4 Å². The molecule has 0 radical (unpaired) electrons. The fourth-order valence-corrected chi connectivity index (χ4v) is 2.70. The normalized spacial score (nSPS) is 10.2. The van der Waals surface area contributed by atoms with Gasteiger partial charge in [0.25, 0.3) is 11.6 Å². The second-order valence-corrected chi connectivity index (χ2v) is 6.36. The van der Waals surface area contributed by atoms with Crippen LogP contribution in [0.25, 0.3) is 0 Å². The summed E-state index contributed by atoms with van der Waals surface area (Å²) in [6, 6.07) is 12.3. The monoisotopic (exact) mass is 438 g/mol. The van der Waals surface area contributed by atoms with Crippen LogP contribution in [0.5, 0.6) is 5.75 Å². The Morgan fingerprint density at radius 3 is 2.47 bits per heavy atom. The summed E-state index contributed by atoms with van der Waals surface area (Å²) in [6.45, 7) is 0.233. The standard InChI is InChI=1S/C20H18N6O6/c1-32-14-5-2-12(3-6-14)10-21-19(27)13-4-7-15(16(8-13)26(30)31)24-17-9-18(23-11-22-17)25-20(28)29/h2-9,11H,10H2,1H3,(H,21,27)(H,28,29)(H2,22,23,24,25). The van der Waals surface area contributed by atoms with Crippen molar-refractivity contribution >= 4 is 35.0 Å². The number of nitrogens with zero attached hydrogens (tertiary/aromatic N) is 3. The molecule has 32 heavy (non-hydrogen) atoms. The van der Waals surface area contributed by atoms with Crippen molar-refractivity contribution in [3.8, 4) is 5.75 Å². The SMILES string of the molecule is COc1ccc(CNC(=O)c2ccc(Nc3cc(NC(=O)O)ncn3)c([N+](=O)[O-])c2)cc1. The zero-order valence-electron chi connectivity index (χ0n) is 16.7. The highest BCUT2D eigenvalue weighted by molar-refractivity contribution is 5.96. The number of amides is 2. The molecule has 164 valence electrons. The zero-order valence-corrected chi connectivity index (χ0v) is 16.7. The minimum atomic E-state index is -1.31. The Labute approximate surface area is 181 Å². The van der Waals surface area contributed by atoms with E-state index in [-0.39, 0.29) is 35.1 Å². The van der Waals surface area contributed by atoms with E-state index in [1.165, 1.54) is 18.2 Å². The number of anilines is 3. The van der Waals surface area contributed by atoms with E-state index in [1.54, 1.807) is 31.4 Å². The van der Waals surface area contributed by atoms with Crippen molar-refractivity contribution in [2.24, 2.45) is 0 Å². The molecule has 12 heteroatoms. The molecule has 0 spiro atoms. The van der Waals surface area contributed by atoms with Crippen LogP contribution in [0.1, 0.15) is 15.9 Å².